The highest BCUT2D eigenvalue weighted by Gasteiger charge is 2.20. The number of rotatable bonds is 9. The maximum absolute atomic E-state index is 12.6. The lowest BCUT2D eigenvalue weighted by Gasteiger charge is -2.15. The molecule has 0 radical (unpaired) electrons. The van der Waals surface area contributed by atoms with Crippen molar-refractivity contribution in [3.63, 3.8) is 0 Å². The van der Waals surface area contributed by atoms with Crippen LogP contribution in [0.25, 0.3) is 0 Å². The number of hydrogen-bond donors (Lipinski definition) is 2. The molecule has 1 aromatic heterocycles. The maximum Gasteiger partial charge on any atom is 0.251 e. The van der Waals surface area contributed by atoms with Crippen molar-refractivity contribution in [2.24, 2.45) is 0 Å². The molecule has 3 rings (SSSR count). The van der Waals surface area contributed by atoms with Crippen molar-refractivity contribution in [2.75, 3.05) is 11.1 Å². The standard InChI is InChI=1S/C24H27N5O2S/c1-5-13-29-22(18(4)25-23(31)19-11-9-16(2)10-12-19)27-28-24(29)32-15-21(30)26-20-8-6-7-17(3)14-20/h5-12,14,18H,1,13,15H2,2-4H3,(H,25,31)(H,26,30)/t18-/m1/s1. The van der Waals surface area contributed by atoms with E-state index in [2.05, 4.69) is 27.4 Å². The van der Waals surface area contributed by atoms with Crippen LogP contribution in [0.15, 0.2) is 66.3 Å². The third kappa shape index (κ3) is 6.07. The Bertz CT molecular complexity index is 1110. The fourth-order valence-electron chi connectivity index (χ4n) is 3.13. The summed E-state index contributed by atoms with van der Waals surface area (Å²) in [5.74, 6) is 0.480. The fourth-order valence-corrected chi connectivity index (χ4v) is 3.88. The molecule has 0 aliphatic rings. The number of aryl methyl sites for hydroxylation is 2. The number of carbonyl (C=O) groups excluding carboxylic acids is 2. The SMILES string of the molecule is C=CCn1c(SCC(=O)Nc2cccc(C)c2)nnc1[C@@H](C)NC(=O)c1ccc(C)cc1. The second-order valence-electron chi connectivity index (χ2n) is 7.51. The van der Waals surface area contributed by atoms with E-state index in [1.165, 1.54) is 11.8 Å². The van der Waals surface area contributed by atoms with E-state index >= 15 is 0 Å². The number of hydrogen-bond acceptors (Lipinski definition) is 5. The minimum atomic E-state index is -0.369. The molecule has 0 aliphatic carbocycles. The third-order valence-electron chi connectivity index (χ3n) is 4.74. The van der Waals surface area contributed by atoms with Gasteiger partial charge in [-0.15, -0.1) is 16.8 Å². The highest BCUT2D eigenvalue weighted by Crippen LogP contribution is 2.21. The minimum absolute atomic E-state index is 0.129. The van der Waals surface area contributed by atoms with Crippen molar-refractivity contribution in [1.29, 1.82) is 0 Å². The van der Waals surface area contributed by atoms with E-state index in [0.29, 0.717) is 23.1 Å². The quantitative estimate of drug-likeness (QED) is 0.376. The molecule has 0 unspecified atom stereocenters. The first-order valence-electron chi connectivity index (χ1n) is 10.3. The molecule has 166 valence electrons. The van der Waals surface area contributed by atoms with Gasteiger partial charge in [-0.25, -0.2) is 0 Å². The molecular weight excluding hydrogens is 422 g/mol. The summed E-state index contributed by atoms with van der Waals surface area (Å²) in [6.45, 7) is 10.1. The van der Waals surface area contributed by atoms with E-state index in [1.807, 2.05) is 61.7 Å². The van der Waals surface area contributed by atoms with Gasteiger partial charge in [0.15, 0.2) is 11.0 Å². The Morgan fingerprint density at radius 2 is 1.88 bits per heavy atom. The van der Waals surface area contributed by atoms with Crippen molar-refractivity contribution < 1.29 is 9.59 Å². The molecule has 0 bridgehead atoms. The lowest BCUT2D eigenvalue weighted by atomic mass is 10.1. The monoisotopic (exact) mass is 449 g/mol. The summed E-state index contributed by atoms with van der Waals surface area (Å²) in [6, 6.07) is 14.7. The average molecular weight is 450 g/mol. The van der Waals surface area contributed by atoms with Crippen molar-refractivity contribution in [2.45, 2.75) is 38.5 Å². The molecule has 0 spiro atoms. The van der Waals surface area contributed by atoms with Crippen LogP contribution >= 0.6 is 11.8 Å². The lowest BCUT2D eigenvalue weighted by Crippen LogP contribution is -2.28. The van der Waals surface area contributed by atoms with Gasteiger partial charge < -0.3 is 15.2 Å². The Labute approximate surface area is 192 Å². The molecule has 2 amide bonds. The predicted molar refractivity (Wildman–Crippen MR) is 128 cm³/mol. The number of nitrogens with zero attached hydrogens (tertiary/aromatic N) is 3. The van der Waals surface area contributed by atoms with Gasteiger partial charge in [0.25, 0.3) is 5.91 Å². The number of amides is 2. The Morgan fingerprint density at radius 3 is 2.56 bits per heavy atom. The molecule has 0 aliphatic heterocycles. The molecule has 0 fully saturated rings. The van der Waals surface area contributed by atoms with E-state index in [9.17, 15) is 9.59 Å². The van der Waals surface area contributed by atoms with Crippen molar-refractivity contribution in [3.05, 3.63) is 83.7 Å². The summed E-state index contributed by atoms with van der Waals surface area (Å²) in [5, 5.41) is 14.9. The van der Waals surface area contributed by atoms with Crippen LogP contribution < -0.4 is 10.6 Å². The summed E-state index contributed by atoms with van der Waals surface area (Å²) >= 11 is 1.29. The van der Waals surface area contributed by atoms with Crippen LogP contribution in [0.3, 0.4) is 0 Å². The van der Waals surface area contributed by atoms with Crippen LogP contribution in [0, 0.1) is 13.8 Å². The van der Waals surface area contributed by atoms with E-state index in [4.69, 9.17) is 0 Å². The van der Waals surface area contributed by atoms with Gasteiger partial charge in [0, 0.05) is 17.8 Å². The summed E-state index contributed by atoms with van der Waals surface area (Å²) in [7, 11) is 0. The van der Waals surface area contributed by atoms with Gasteiger partial charge in [-0.05, 0) is 50.6 Å². The molecule has 8 heteroatoms. The second-order valence-corrected chi connectivity index (χ2v) is 8.45. The second kappa shape index (κ2) is 10.8. The normalized spacial score (nSPS) is 11.6. The zero-order valence-electron chi connectivity index (χ0n) is 18.5. The number of carbonyl (C=O) groups is 2. The fraction of sp³-hybridized carbons (Fsp3) is 0.250. The first-order chi connectivity index (χ1) is 15.4. The lowest BCUT2D eigenvalue weighted by molar-refractivity contribution is -0.113. The van der Waals surface area contributed by atoms with E-state index in [0.717, 1.165) is 16.8 Å². The van der Waals surface area contributed by atoms with Gasteiger partial charge in [0.05, 0.1) is 11.8 Å². The number of allylic oxidation sites excluding steroid dienone is 1. The highest BCUT2D eigenvalue weighted by molar-refractivity contribution is 7.99. The molecule has 7 nitrogen and oxygen atoms in total. The molecule has 2 N–H and O–H groups in total. The van der Waals surface area contributed by atoms with Crippen LogP contribution in [-0.4, -0.2) is 32.3 Å². The summed E-state index contributed by atoms with van der Waals surface area (Å²) < 4.78 is 1.86. The third-order valence-corrected chi connectivity index (χ3v) is 5.71. The van der Waals surface area contributed by atoms with Gasteiger partial charge in [-0.3, -0.25) is 9.59 Å². The summed E-state index contributed by atoms with van der Waals surface area (Å²) in [4.78, 5) is 24.9. The van der Waals surface area contributed by atoms with Gasteiger partial charge in [-0.2, -0.15) is 0 Å². The molecule has 0 saturated carbocycles. The van der Waals surface area contributed by atoms with Crippen LogP contribution in [0.1, 0.15) is 40.3 Å². The topological polar surface area (TPSA) is 88.9 Å². The summed E-state index contributed by atoms with van der Waals surface area (Å²) in [5.41, 5.74) is 3.51. The molecule has 1 atom stereocenters. The summed E-state index contributed by atoms with van der Waals surface area (Å²) in [6.07, 6.45) is 1.73. The van der Waals surface area contributed by atoms with Crippen molar-refractivity contribution >= 4 is 29.3 Å². The van der Waals surface area contributed by atoms with Crippen molar-refractivity contribution in [1.82, 2.24) is 20.1 Å². The zero-order chi connectivity index (χ0) is 23.1. The van der Waals surface area contributed by atoms with Gasteiger partial charge in [0.2, 0.25) is 5.91 Å². The minimum Gasteiger partial charge on any atom is -0.342 e. The largest absolute Gasteiger partial charge is 0.342 e. The van der Waals surface area contributed by atoms with Gasteiger partial charge in [0.1, 0.15) is 0 Å². The molecular formula is C24H27N5O2S. The first kappa shape index (κ1) is 23.3. The Morgan fingerprint density at radius 1 is 1.12 bits per heavy atom. The molecule has 0 saturated heterocycles. The van der Waals surface area contributed by atoms with Crippen LogP contribution in [0.4, 0.5) is 5.69 Å². The smallest absolute Gasteiger partial charge is 0.251 e. The number of benzene rings is 2. The first-order valence-corrected chi connectivity index (χ1v) is 11.3. The van der Waals surface area contributed by atoms with E-state index in [-0.39, 0.29) is 23.6 Å². The highest BCUT2D eigenvalue weighted by atomic mass is 32.2. The number of aromatic nitrogens is 3. The number of anilines is 1. The van der Waals surface area contributed by atoms with Gasteiger partial charge >= 0.3 is 0 Å². The number of nitrogens with one attached hydrogen (secondary N) is 2. The molecule has 2 aromatic carbocycles. The van der Waals surface area contributed by atoms with Crippen LogP contribution in [0.2, 0.25) is 0 Å². The van der Waals surface area contributed by atoms with Crippen LogP contribution in [0.5, 0.6) is 0 Å². The Balaban J connectivity index is 1.66. The molecule has 32 heavy (non-hydrogen) atoms. The predicted octanol–water partition coefficient (Wildman–Crippen LogP) is 4.30. The molecule has 1 heterocycles. The van der Waals surface area contributed by atoms with Crippen molar-refractivity contribution in [3.8, 4) is 0 Å². The van der Waals surface area contributed by atoms with Crippen LogP contribution in [-0.2, 0) is 11.3 Å². The van der Waals surface area contributed by atoms with E-state index in [1.54, 1.807) is 18.2 Å². The van der Waals surface area contributed by atoms with E-state index < -0.39 is 0 Å². The Hall–Kier alpha value is -3.39. The average Bonchev–Trinajstić information content (AvgIpc) is 3.15. The van der Waals surface area contributed by atoms with Gasteiger partial charge in [-0.1, -0.05) is 47.7 Å². The Kier molecular flexibility index (Phi) is 7.83. The molecule has 3 aromatic rings. The zero-order valence-corrected chi connectivity index (χ0v) is 19.3. The number of thioether (sulfide) groups is 1. The maximum atomic E-state index is 12.6.